The fourth-order valence-corrected chi connectivity index (χ4v) is 1.71. The first-order chi connectivity index (χ1) is 8.22. The van der Waals surface area contributed by atoms with Crippen LogP contribution in [0.25, 0.3) is 0 Å². The van der Waals surface area contributed by atoms with E-state index in [9.17, 15) is 4.79 Å². The second kappa shape index (κ2) is 8.08. The van der Waals surface area contributed by atoms with Gasteiger partial charge in [0.1, 0.15) is 0 Å². The number of hydrogen-bond donors (Lipinski definition) is 0. The van der Waals surface area contributed by atoms with Crippen molar-refractivity contribution in [1.82, 2.24) is 0 Å². The number of unbranched alkanes of at least 4 members (excludes halogenated alkanes) is 3. The molecule has 0 amide bonds. The highest BCUT2D eigenvalue weighted by atomic mass is 79.9. The van der Waals surface area contributed by atoms with E-state index in [2.05, 4.69) is 34.7 Å². The first kappa shape index (κ1) is 14.0. The summed E-state index contributed by atoms with van der Waals surface area (Å²) >= 11 is 3.36. The van der Waals surface area contributed by atoms with E-state index in [1.807, 2.05) is 24.3 Å². The van der Waals surface area contributed by atoms with Crippen LogP contribution in [-0.2, 0) is 4.79 Å². The van der Waals surface area contributed by atoms with Crippen LogP contribution in [0.1, 0.15) is 44.6 Å². The molecule has 17 heavy (non-hydrogen) atoms. The van der Waals surface area contributed by atoms with Crippen LogP contribution in [0.2, 0.25) is 0 Å². The molecule has 1 aromatic rings. The van der Waals surface area contributed by atoms with Crippen molar-refractivity contribution in [3.8, 4) is 11.8 Å². The Morgan fingerprint density at radius 3 is 2.53 bits per heavy atom. The van der Waals surface area contributed by atoms with E-state index in [1.165, 1.54) is 12.8 Å². The summed E-state index contributed by atoms with van der Waals surface area (Å²) in [5.74, 6) is 5.63. The monoisotopic (exact) mass is 292 g/mol. The molecule has 0 aliphatic rings. The van der Waals surface area contributed by atoms with Gasteiger partial charge in [0.2, 0.25) is 5.78 Å². The smallest absolute Gasteiger partial charge is 0.205 e. The van der Waals surface area contributed by atoms with Gasteiger partial charge in [0, 0.05) is 16.5 Å². The molecule has 1 aromatic carbocycles. The van der Waals surface area contributed by atoms with Crippen LogP contribution in [0.5, 0.6) is 0 Å². The summed E-state index contributed by atoms with van der Waals surface area (Å²) < 4.78 is 1.02. The van der Waals surface area contributed by atoms with Crippen LogP contribution < -0.4 is 0 Å². The Labute approximate surface area is 112 Å². The van der Waals surface area contributed by atoms with Gasteiger partial charge in [0.15, 0.2) is 0 Å². The van der Waals surface area contributed by atoms with Gasteiger partial charge in [0.05, 0.1) is 0 Å². The van der Waals surface area contributed by atoms with Crippen molar-refractivity contribution in [1.29, 1.82) is 0 Å². The molecule has 0 bridgehead atoms. The third-order valence-corrected chi connectivity index (χ3v) is 2.98. The fraction of sp³-hybridized carbons (Fsp3) is 0.400. The largest absolute Gasteiger partial charge is 0.285 e. The predicted octanol–water partition coefficient (Wildman–Crippen LogP) is 4.34. The Bertz CT molecular complexity index is 409. The molecular formula is C15H17BrO. The van der Waals surface area contributed by atoms with Crippen molar-refractivity contribution >= 4 is 21.7 Å². The highest BCUT2D eigenvalue weighted by Crippen LogP contribution is 2.09. The van der Waals surface area contributed by atoms with Crippen LogP contribution in [0.15, 0.2) is 28.7 Å². The first-order valence-electron chi connectivity index (χ1n) is 6.03. The molecule has 0 aliphatic carbocycles. The number of carbonyl (C=O) groups is 1. The highest BCUT2D eigenvalue weighted by molar-refractivity contribution is 9.10. The standard InChI is InChI=1S/C15H17BrO/c1-2-3-4-5-6-15(17)12-9-13-7-10-14(16)11-8-13/h7-8,10-11H,2-6H2,1H3. The van der Waals surface area contributed by atoms with Gasteiger partial charge in [-0.25, -0.2) is 0 Å². The van der Waals surface area contributed by atoms with Gasteiger partial charge < -0.3 is 0 Å². The number of carbonyl (C=O) groups excluding carboxylic acids is 1. The lowest BCUT2D eigenvalue weighted by Gasteiger charge is -1.94. The summed E-state index contributed by atoms with van der Waals surface area (Å²) in [6.07, 6.45) is 5.07. The summed E-state index contributed by atoms with van der Waals surface area (Å²) in [5, 5.41) is 0. The molecule has 0 fully saturated rings. The van der Waals surface area contributed by atoms with Crippen molar-refractivity contribution < 1.29 is 4.79 Å². The minimum absolute atomic E-state index is 0.0454. The lowest BCUT2D eigenvalue weighted by Crippen LogP contribution is -1.93. The summed E-state index contributed by atoms with van der Waals surface area (Å²) in [7, 11) is 0. The van der Waals surface area contributed by atoms with E-state index in [4.69, 9.17) is 0 Å². The maximum absolute atomic E-state index is 11.5. The molecule has 1 nitrogen and oxygen atoms in total. The normalized spacial score (nSPS) is 9.53. The van der Waals surface area contributed by atoms with Gasteiger partial charge in [-0.2, -0.15) is 0 Å². The van der Waals surface area contributed by atoms with E-state index < -0.39 is 0 Å². The van der Waals surface area contributed by atoms with Crippen LogP contribution >= 0.6 is 15.9 Å². The second-order valence-electron chi connectivity index (χ2n) is 3.99. The quantitative estimate of drug-likeness (QED) is 0.583. The predicted molar refractivity (Wildman–Crippen MR) is 74.8 cm³/mol. The lowest BCUT2D eigenvalue weighted by molar-refractivity contribution is -0.113. The third-order valence-electron chi connectivity index (χ3n) is 2.45. The highest BCUT2D eigenvalue weighted by Gasteiger charge is 1.96. The third kappa shape index (κ3) is 6.28. The maximum atomic E-state index is 11.5. The second-order valence-corrected chi connectivity index (χ2v) is 4.91. The topological polar surface area (TPSA) is 17.1 Å². The number of halogens is 1. The van der Waals surface area contributed by atoms with E-state index in [-0.39, 0.29) is 5.78 Å². The molecule has 0 aliphatic heterocycles. The number of ketones is 1. The van der Waals surface area contributed by atoms with E-state index in [0.29, 0.717) is 6.42 Å². The van der Waals surface area contributed by atoms with Crippen molar-refractivity contribution in [2.45, 2.75) is 39.0 Å². The Hall–Kier alpha value is -1.07. The Balaban J connectivity index is 2.38. The Morgan fingerprint density at radius 2 is 1.88 bits per heavy atom. The average molecular weight is 293 g/mol. The van der Waals surface area contributed by atoms with Crippen molar-refractivity contribution in [2.24, 2.45) is 0 Å². The van der Waals surface area contributed by atoms with Gasteiger partial charge in [0.25, 0.3) is 0 Å². The summed E-state index contributed by atoms with van der Waals surface area (Å²) in [4.78, 5) is 11.5. The first-order valence-corrected chi connectivity index (χ1v) is 6.82. The molecule has 90 valence electrons. The van der Waals surface area contributed by atoms with Crippen molar-refractivity contribution in [3.63, 3.8) is 0 Å². The van der Waals surface area contributed by atoms with E-state index in [0.717, 1.165) is 22.9 Å². The van der Waals surface area contributed by atoms with Crippen LogP contribution in [-0.4, -0.2) is 5.78 Å². The van der Waals surface area contributed by atoms with Gasteiger partial charge in [-0.05, 0) is 36.6 Å². The van der Waals surface area contributed by atoms with Gasteiger partial charge >= 0.3 is 0 Å². The Morgan fingerprint density at radius 1 is 1.18 bits per heavy atom. The molecule has 0 saturated carbocycles. The SMILES string of the molecule is CCCCCCC(=O)C#Cc1ccc(Br)cc1. The molecule has 0 unspecified atom stereocenters. The summed E-state index contributed by atoms with van der Waals surface area (Å²) in [6, 6.07) is 7.66. The molecule has 0 spiro atoms. The number of hydrogen-bond acceptors (Lipinski definition) is 1. The van der Waals surface area contributed by atoms with Crippen molar-refractivity contribution in [3.05, 3.63) is 34.3 Å². The minimum atomic E-state index is 0.0454. The molecule has 0 aromatic heterocycles. The molecule has 0 atom stereocenters. The molecule has 0 N–H and O–H groups in total. The number of benzene rings is 1. The van der Waals surface area contributed by atoms with E-state index in [1.54, 1.807) is 0 Å². The van der Waals surface area contributed by atoms with Gasteiger partial charge in [-0.3, -0.25) is 4.79 Å². The fourth-order valence-electron chi connectivity index (χ4n) is 1.45. The van der Waals surface area contributed by atoms with Gasteiger partial charge in [-0.1, -0.05) is 48.0 Å². The zero-order valence-corrected chi connectivity index (χ0v) is 11.7. The van der Waals surface area contributed by atoms with Crippen molar-refractivity contribution in [2.75, 3.05) is 0 Å². The average Bonchev–Trinajstić information content (AvgIpc) is 2.34. The van der Waals surface area contributed by atoms with Gasteiger partial charge in [-0.15, -0.1) is 0 Å². The summed E-state index contributed by atoms with van der Waals surface area (Å²) in [6.45, 7) is 2.16. The molecule has 0 saturated heterocycles. The molecule has 2 heteroatoms. The number of rotatable bonds is 5. The zero-order chi connectivity index (χ0) is 12.5. The number of Topliss-reactive ketones (excluding diaryl/α,β-unsaturated/α-hetero) is 1. The summed E-state index contributed by atoms with van der Waals surface area (Å²) in [5.41, 5.74) is 0.884. The Kier molecular flexibility index (Phi) is 6.65. The van der Waals surface area contributed by atoms with Crippen LogP contribution in [0.4, 0.5) is 0 Å². The zero-order valence-electron chi connectivity index (χ0n) is 10.1. The molecule has 1 rings (SSSR count). The molecule has 0 heterocycles. The minimum Gasteiger partial charge on any atom is -0.285 e. The maximum Gasteiger partial charge on any atom is 0.205 e. The van der Waals surface area contributed by atoms with E-state index >= 15 is 0 Å². The lowest BCUT2D eigenvalue weighted by atomic mass is 10.1. The van der Waals surface area contributed by atoms with Crippen LogP contribution in [0.3, 0.4) is 0 Å². The molecular weight excluding hydrogens is 276 g/mol. The molecule has 0 radical (unpaired) electrons. The van der Waals surface area contributed by atoms with Crippen LogP contribution in [0, 0.1) is 11.8 Å².